The summed E-state index contributed by atoms with van der Waals surface area (Å²) < 4.78 is 31.2. The Hall–Kier alpha value is -4.97. The summed E-state index contributed by atoms with van der Waals surface area (Å²) in [6, 6.07) is 21.5. The minimum absolute atomic E-state index is 0.0662. The van der Waals surface area contributed by atoms with Crippen LogP contribution < -0.4 is 4.74 Å². The molecule has 3 aromatic carbocycles. The Balaban J connectivity index is 1.76. The van der Waals surface area contributed by atoms with E-state index >= 15 is 0 Å². The van der Waals surface area contributed by atoms with Crippen LogP contribution in [0.1, 0.15) is 32.0 Å². The van der Waals surface area contributed by atoms with Crippen molar-refractivity contribution in [2.24, 2.45) is 0 Å². The SMILES string of the molecule is COC(=O)c1c(-c2cccc(OCc3ccc(C#N)cc3F)c2)nn(-c2ccccc2)c1C(=O)OC. The maximum atomic E-state index is 14.2. The lowest BCUT2D eigenvalue weighted by Gasteiger charge is -2.09. The zero-order valence-electron chi connectivity index (χ0n) is 19.4. The predicted molar refractivity (Wildman–Crippen MR) is 127 cm³/mol. The second kappa shape index (κ2) is 10.5. The Kier molecular flexibility index (Phi) is 7.07. The molecule has 0 atom stereocenters. The highest BCUT2D eigenvalue weighted by Crippen LogP contribution is 2.31. The molecule has 0 unspecified atom stereocenters. The first kappa shape index (κ1) is 24.2. The van der Waals surface area contributed by atoms with E-state index in [1.54, 1.807) is 48.5 Å². The van der Waals surface area contributed by atoms with Gasteiger partial charge in [-0.05, 0) is 36.4 Å². The van der Waals surface area contributed by atoms with E-state index in [-0.39, 0.29) is 34.7 Å². The van der Waals surface area contributed by atoms with Crippen molar-refractivity contribution in [3.05, 3.63) is 101 Å². The molecule has 0 bridgehead atoms. The van der Waals surface area contributed by atoms with Crippen LogP contribution in [0.4, 0.5) is 4.39 Å². The molecule has 0 aliphatic heterocycles. The van der Waals surface area contributed by atoms with Crippen LogP contribution in [0.2, 0.25) is 0 Å². The van der Waals surface area contributed by atoms with Crippen molar-refractivity contribution in [3.63, 3.8) is 0 Å². The Labute approximate surface area is 206 Å². The summed E-state index contributed by atoms with van der Waals surface area (Å²) in [7, 11) is 2.42. The van der Waals surface area contributed by atoms with E-state index in [0.717, 1.165) is 6.07 Å². The van der Waals surface area contributed by atoms with E-state index < -0.39 is 17.8 Å². The molecule has 4 aromatic rings. The first-order chi connectivity index (χ1) is 17.5. The van der Waals surface area contributed by atoms with Crippen molar-refractivity contribution < 1.29 is 28.2 Å². The molecule has 0 radical (unpaired) electrons. The number of nitriles is 1. The van der Waals surface area contributed by atoms with Gasteiger partial charge in [0.2, 0.25) is 0 Å². The van der Waals surface area contributed by atoms with Gasteiger partial charge in [0, 0.05) is 11.1 Å². The summed E-state index contributed by atoms with van der Waals surface area (Å²) in [5, 5.41) is 13.5. The molecule has 0 aliphatic rings. The summed E-state index contributed by atoms with van der Waals surface area (Å²) in [6.07, 6.45) is 0. The van der Waals surface area contributed by atoms with Crippen LogP contribution in [0.3, 0.4) is 0 Å². The third-order valence-electron chi connectivity index (χ3n) is 5.34. The molecule has 0 saturated heterocycles. The average molecular weight is 485 g/mol. The average Bonchev–Trinajstić information content (AvgIpc) is 3.33. The van der Waals surface area contributed by atoms with E-state index in [1.165, 1.54) is 31.0 Å². The standard InChI is InChI=1S/C27H20FN3O5/c1-34-26(32)23-24(30-31(25(23)27(33)35-2)20-8-4-3-5-9-20)18-7-6-10-21(14-18)36-16-19-12-11-17(15-29)13-22(19)28/h3-14H,16H2,1-2H3. The van der Waals surface area contributed by atoms with E-state index in [2.05, 4.69) is 5.10 Å². The number of esters is 2. The summed E-state index contributed by atoms with van der Waals surface area (Å²) >= 11 is 0. The number of hydrogen-bond acceptors (Lipinski definition) is 7. The second-order valence-corrected chi connectivity index (χ2v) is 7.54. The largest absolute Gasteiger partial charge is 0.489 e. The number of halogens is 1. The minimum Gasteiger partial charge on any atom is -0.489 e. The van der Waals surface area contributed by atoms with Gasteiger partial charge in [-0.1, -0.05) is 36.4 Å². The minimum atomic E-state index is -0.765. The quantitative estimate of drug-likeness (QED) is 0.350. The summed E-state index contributed by atoms with van der Waals surface area (Å²) in [5.41, 5.74) is 1.52. The number of benzene rings is 3. The molecular weight excluding hydrogens is 465 g/mol. The van der Waals surface area contributed by atoms with Crippen molar-refractivity contribution in [1.29, 1.82) is 5.26 Å². The molecule has 0 aliphatic carbocycles. The van der Waals surface area contributed by atoms with Gasteiger partial charge in [-0.3, -0.25) is 0 Å². The van der Waals surface area contributed by atoms with Crippen LogP contribution in [-0.2, 0) is 16.1 Å². The monoisotopic (exact) mass is 485 g/mol. The number of ether oxygens (including phenoxy) is 3. The highest BCUT2D eigenvalue weighted by molar-refractivity contribution is 6.06. The molecule has 180 valence electrons. The van der Waals surface area contributed by atoms with Crippen molar-refractivity contribution in [1.82, 2.24) is 9.78 Å². The molecule has 8 nitrogen and oxygen atoms in total. The highest BCUT2D eigenvalue weighted by Gasteiger charge is 2.31. The van der Waals surface area contributed by atoms with Gasteiger partial charge in [-0.15, -0.1) is 0 Å². The lowest BCUT2D eigenvalue weighted by atomic mass is 10.1. The Morgan fingerprint density at radius 2 is 1.72 bits per heavy atom. The predicted octanol–water partition coefficient (Wildman–Crippen LogP) is 4.70. The Morgan fingerprint density at radius 3 is 2.39 bits per heavy atom. The number of carbonyl (C=O) groups excluding carboxylic acids is 2. The number of nitrogens with zero attached hydrogens (tertiary/aromatic N) is 3. The molecule has 0 amide bonds. The summed E-state index contributed by atoms with van der Waals surface area (Å²) in [5.74, 6) is -1.70. The van der Waals surface area contributed by atoms with E-state index in [4.69, 9.17) is 19.5 Å². The van der Waals surface area contributed by atoms with Gasteiger partial charge < -0.3 is 14.2 Å². The fourth-order valence-electron chi connectivity index (χ4n) is 3.58. The number of rotatable bonds is 7. The van der Waals surface area contributed by atoms with Gasteiger partial charge in [0.05, 0.1) is 31.5 Å². The van der Waals surface area contributed by atoms with Crippen molar-refractivity contribution in [2.45, 2.75) is 6.61 Å². The highest BCUT2D eigenvalue weighted by atomic mass is 19.1. The van der Waals surface area contributed by atoms with Crippen molar-refractivity contribution in [3.8, 4) is 28.8 Å². The van der Waals surface area contributed by atoms with Crippen LogP contribution >= 0.6 is 0 Å². The van der Waals surface area contributed by atoms with Gasteiger partial charge in [0.25, 0.3) is 0 Å². The third kappa shape index (κ3) is 4.79. The van der Waals surface area contributed by atoms with Crippen LogP contribution in [0, 0.1) is 17.1 Å². The number of carbonyl (C=O) groups is 2. The molecule has 0 fully saturated rings. The molecule has 0 spiro atoms. The summed E-state index contributed by atoms with van der Waals surface area (Å²) in [4.78, 5) is 25.5. The lowest BCUT2D eigenvalue weighted by Crippen LogP contribution is -2.15. The van der Waals surface area contributed by atoms with E-state index in [0.29, 0.717) is 17.0 Å². The molecule has 0 N–H and O–H groups in total. The smallest absolute Gasteiger partial charge is 0.357 e. The van der Waals surface area contributed by atoms with Gasteiger partial charge in [0.1, 0.15) is 29.4 Å². The zero-order valence-corrected chi connectivity index (χ0v) is 19.4. The first-order valence-electron chi connectivity index (χ1n) is 10.7. The normalized spacial score (nSPS) is 10.4. The third-order valence-corrected chi connectivity index (χ3v) is 5.34. The number of hydrogen-bond donors (Lipinski definition) is 0. The molecule has 9 heteroatoms. The molecule has 1 heterocycles. The van der Waals surface area contributed by atoms with Crippen molar-refractivity contribution in [2.75, 3.05) is 14.2 Å². The number of para-hydroxylation sites is 1. The topological polar surface area (TPSA) is 103 Å². The fourth-order valence-corrected chi connectivity index (χ4v) is 3.58. The maximum Gasteiger partial charge on any atom is 0.357 e. The number of aromatic nitrogens is 2. The first-order valence-corrected chi connectivity index (χ1v) is 10.7. The van der Waals surface area contributed by atoms with E-state index in [9.17, 15) is 14.0 Å². The molecule has 1 aromatic heterocycles. The lowest BCUT2D eigenvalue weighted by molar-refractivity contribution is 0.0549. The van der Waals surface area contributed by atoms with Gasteiger partial charge in [-0.2, -0.15) is 10.4 Å². The van der Waals surface area contributed by atoms with Crippen LogP contribution in [0.5, 0.6) is 5.75 Å². The zero-order chi connectivity index (χ0) is 25.7. The molecule has 36 heavy (non-hydrogen) atoms. The Morgan fingerprint density at radius 1 is 0.972 bits per heavy atom. The maximum absolute atomic E-state index is 14.2. The fraction of sp³-hybridized carbons (Fsp3) is 0.111. The van der Waals surface area contributed by atoms with E-state index in [1.807, 2.05) is 12.1 Å². The molecular formula is C27H20FN3O5. The van der Waals surface area contributed by atoms with Gasteiger partial charge >= 0.3 is 11.9 Å². The number of methoxy groups -OCH3 is 2. The van der Waals surface area contributed by atoms with Crippen LogP contribution in [0.25, 0.3) is 16.9 Å². The Bertz CT molecular complexity index is 1470. The second-order valence-electron chi connectivity index (χ2n) is 7.54. The van der Waals surface area contributed by atoms with Crippen LogP contribution in [0.15, 0.2) is 72.8 Å². The summed E-state index contributed by atoms with van der Waals surface area (Å²) in [6.45, 7) is -0.0866. The van der Waals surface area contributed by atoms with Crippen LogP contribution in [-0.4, -0.2) is 35.9 Å². The molecule has 0 saturated carbocycles. The van der Waals surface area contributed by atoms with Gasteiger partial charge in [-0.25, -0.2) is 18.7 Å². The van der Waals surface area contributed by atoms with Gasteiger partial charge in [0.15, 0.2) is 5.69 Å². The van der Waals surface area contributed by atoms with Crippen molar-refractivity contribution >= 4 is 11.9 Å². The molecule has 4 rings (SSSR count).